The fourth-order valence-corrected chi connectivity index (χ4v) is 0. The second kappa shape index (κ2) is 30.6. The van der Waals surface area contributed by atoms with Crippen LogP contribution in [-0.4, -0.2) is 0 Å². The van der Waals surface area contributed by atoms with Crippen molar-refractivity contribution >= 4 is 19.0 Å². The molecule has 28 valence electrons. The van der Waals surface area contributed by atoms with Crippen LogP contribution in [0.3, 0.4) is 0 Å². The second-order valence-electron chi connectivity index (χ2n) is 0. The molecule has 0 saturated carbocycles. The van der Waals surface area contributed by atoms with E-state index in [1.807, 2.05) is 19.0 Å². The van der Waals surface area contributed by atoms with Gasteiger partial charge in [-0.1, -0.05) is 0 Å². The third kappa shape index (κ3) is 20.7. The Morgan fingerprint density at radius 1 is 1.40 bits per heavy atom. The molecule has 0 saturated heterocycles. The van der Waals surface area contributed by atoms with Gasteiger partial charge in [-0.05, 0) is 0 Å². The SMILES string of the molecule is [Ag][I].[C-]#N.[K+]. The van der Waals surface area contributed by atoms with Gasteiger partial charge in [0.05, 0.1) is 0 Å². The predicted molar refractivity (Wildman–Crippen MR) is 19.0 cm³/mol. The van der Waals surface area contributed by atoms with Crippen LogP contribution in [0.25, 0.3) is 0 Å². The Morgan fingerprint density at radius 3 is 1.40 bits per heavy atom. The third-order valence-electron chi connectivity index (χ3n) is 0. The maximum absolute atomic E-state index is 6.25. The van der Waals surface area contributed by atoms with Crippen LogP contribution >= 0.6 is 19.0 Å². The van der Waals surface area contributed by atoms with Gasteiger partial charge < -0.3 is 11.8 Å². The third-order valence-corrected chi connectivity index (χ3v) is 0. The smallest absolute Gasteiger partial charge is 0.512 e. The topological polar surface area (TPSA) is 23.8 Å². The van der Waals surface area contributed by atoms with Crippen molar-refractivity contribution in [3.63, 3.8) is 0 Å². The minimum Gasteiger partial charge on any atom is -0.512 e. The zero-order valence-electron chi connectivity index (χ0n) is 2.63. The molecule has 0 rings (SSSR count). The molecular formula is CAgIKN. The summed E-state index contributed by atoms with van der Waals surface area (Å²) in [4.78, 5) is 0. The number of hydrogen-bond acceptors (Lipinski definition) is 1. The van der Waals surface area contributed by atoms with E-state index in [0.717, 1.165) is 0 Å². The summed E-state index contributed by atoms with van der Waals surface area (Å²) in [6, 6.07) is 0. The molecule has 0 radical (unpaired) electrons. The minimum atomic E-state index is 0. The molecule has 0 atom stereocenters. The van der Waals surface area contributed by atoms with E-state index in [0.29, 0.717) is 0 Å². The maximum atomic E-state index is 6.25. The van der Waals surface area contributed by atoms with Gasteiger partial charge in [0.15, 0.2) is 0 Å². The van der Waals surface area contributed by atoms with Gasteiger partial charge >= 0.3 is 87.7 Å². The van der Waals surface area contributed by atoms with E-state index in [1.54, 1.807) is 0 Å². The summed E-state index contributed by atoms with van der Waals surface area (Å²) in [5.41, 5.74) is 0. The van der Waals surface area contributed by atoms with Crippen LogP contribution in [0.15, 0.2) is 0 Å². The zero-order valence-corrected chi connectivity index (χ0v) is 9.39. The monoisotopic (exact) mass is 299 g/mol. The Hall–Kier alpha value is 2.60. The molecule has 1 nitrogen and oxygen atoms in total. The normalized spacial score (nSPS) is 1.80. The summed E-state index contributed by atoms with van der Waals surface area (Å²) < 4.78 is 0. The Kier molecular flexibility index (Phi) is 95.9. The summed E-state index contributed by atoms with van der Waals surface area (Å²) in [7, 11) is 0. The van der Waals surface area contributed by atoms with E-state index in [4.69, 9.17) is 11.8 Å². The van der Waals surface area contributed by atoms with Gasteiger partial charge in [0.2, 0.25) is 0 Å². The van der Waals surface area contributed by atoms with Gasteiger partial charge in [-0.25, -0.2) is 0 Å². The average molecular weight is 300 g/mol. The van der Waals surface area contributed by atoms with E-state index < -0.39 is 0 Å². The van der Waals surface area contributed by atoms with Gasteiger partial charge in [-0.3, -0.25) is 0 Å². The van der Waals surface area contributed by atoms with Crippen LogP contribution < -0.4 is 51.4 Å². The zero-order chi connectivity index (χ0) is 4.00. The van der Waals surface area contributed by atoms with Gasteiger partial charge in [0.1, 0.15) is 0 Å². The molecular weight excluding hydrogens is 300 g/mol. The van der Waals surface area contributed by atoms with Gasteiger partial charge in [-0.2, -0.15) is 0 Å². The molecule has 0 bridgehead atoms. The summed E-state index contributed by atoms with van der Waals surface area (Å²) >= 11 is 4.88. The summed E-state index contributed by atoms with van der Waals surface area (Å²) in [6.45, 7) is 4.75. The molecule has 0 unspecified atom stereocenters. The van der Waals surface area contributed by atoms with Crippen molar-refractivity contribution < 1.29 is 68.6 Å². The van der Waals surface area contributed by atoms with Gasteiger partial charge in [0.25, 0.3) is 0 Å². The molecule has 0 fully saturated rings. The Balaban J connectivity index is -0.0000000133. The summed E-state index contributed by atoms with van der Waals surface area (Å²) in [5.74, 6) is 0. The standard InChI is InChI=1S/CN.Ag.HI.K/c1-2;;;/h;;1H;/q-1;+1;;+1/p-1. The van der Waals surface area contributed by atoms with E-state index in [-0.39, 0.29) is 51.4 Å². The molecule has 0 aromatic rings. The van der Waals surface area contributed by atoms with Crippen LogP contribution in [-0.2, 0) is 17.3 Å². The van der Waals surface area contributed by atoms with Crippen molar-refractivity contribution in [1.29, 1.82) is 5.26 Å². The van der Waals surface area contributed by atoms with Crippen LogP contribution in [0.4, 0.5) is 0 Å². The molecule has 0 aliphatic carbocycles. The molecule has 0 amide bonds. The molecule has 0 aliphatic rings. The Labute approximate surface area is 96.7 Å². The van der Waals surface area contributed by atoms with E-state index in [1.165, 1.54) is 0 Å². The van der Waals surface area contributed by atoms with E-state index >= 15 is 0 Å². The fourth-order valence-electron chi connectivity index (χ4n) is 0. The second-order valence-corrected chi connectivity index (χ2v) is 0. The van der Waals surface area contributed by atoms with Crippen LogP contribution in [0.2, 0.25) is 0 Å². The largest absolute Gasteiger partial charge is 1.00 e. The Bertz CT molecular complexity index is 16.4. The van der Waals surface area contributed by atoms with Crippen molar-refractivity contribution in [2.24, 2.45) is 0 Å². The van der Waals surface area contributed by atoms with E-state index in [9.17, 15) is 0 Å². The van der Waals surface area contributed by atoms with Crippen molar-refractivity contribution in [2.75, 3.05) is 0 Å². The first-order chi connectivity index (χ1) is 2.00. The summed E-state index contributed by atoms with van der Waals surface area (Å²) in [5, 5.41) is 6.25. The number of halogens is 1. The molecule has 4 heteroatoms. The van der Waals surface area contributed by atoms with Crippen molar-refractivity contribution in [2.45, 2.75) is 0 Å². The van der Waals surface area contributed by atoms with Crippen LogP contribution in [0, 0.1) is 11.8 Å². The number of rotatable bonds is 0. The quantitative estimate of drug-likeness (QED) is 0.288. The van der Waals surface area contributed by atoms with Crippen molar-refractivity contribution in [1.82, 2.24) is 0 Å². The predicted octanol–water partition coefficient (Wildman–Crippen LogP) is -2.02. The first kappa shape index (κ1) is 15.6. The average Bonchev–Trinajstić information content (AvgIpc) is 1.50. The number of hydrogen-bond donors (Lipinski definition) is 0. The molecule has 5 heavy (non-hydrogen) atoms. The maximum Gasteiger partial charge on any atom is 1.00 e. The number of nitrogens with zero attached hydrogens (tertiary/aromatic N) is 1. The Morgan fingerprint density at radius 2 is 1.40 bits per heavy atom. The molecule has 0 spiro atoms. The first-order valence-electron chi connectivity index (χ1n) is 0.338. The van der Waals surface area contributed by atoms with E-state index in [2.05, 4.69) is 17.3 Å². The minimum absolute atomic E-state index is 0. The van der Waals surface area contributed by atoms with Gasteiger partial charge in [0, 0.05) is 0 Å². The van der Waals surface area contributed by atoms with Crippen LogP contribution in [0.5, 0.6) is 0 Å². The molecule has 0 N–H and O–H groups in total. The van der Waals surface area contributed by atoms with Crippen LogP contribution in [0.1, 0.15) is 0 Å². The van der Waals surface area contributed by atoms with Crippen molar-refractivity contribution in [3.8, 4) is 0 Å². The molecule has 0 heterocycles. The first-order valence-corrected chi connectivity index (χ1v) is 4.75. The van der Waals surface area contributed by atoms with Gasteiger partial charge in [-0.15, -0.1) is 0 Å². The fraction of sp³-hybridized carbons (Fsp3) is 0. The summed E-state index contributed by atoms with van der Waals surface area (Å²) in [6.07, 6.45) is 0. The molecule has 0 aromatic carbocycles. The van der Waals surface area contributed by atoms with Crippen molar-refractivity contribution in [3.05, 3.63) is 6.57 Å². The molecule has 0 aliphatic heterocycles. The molecule has 0 aromatic heterocycles.